The van der Waals surface area contributed by atoms with E-state index >= 15 is 0 Å². The van der Waals surface area contributed by atoms with Crippen LogP contribution in [0.1, 0.15) is 43.3 Å². The number of hydrogen-bond acceptors (Lipinski definition) is 2. The smallest absolute Gasteiger partial charge is 0.178 e. The van der Waals surface area contributed by atoms with Crippen molar-refractivity contribution in [3.05, 3.63) is 70.3 Å². The summed E-state index contributed by atoms with van der Waals surface area (Å²) in [5.41, 5.74) is 4.17. The third kappa shape index (κ3) is 1.72. The van der Waals surface area contributed by atoms with Crippen molar-refractivity contribution in [2.45, 2.75) is 19.8 Å². The number of carbonyl (C=O) groups excluding carboxylic acids is 2. The largest absolute Gasteiger partial charge is 0.293 e. The number of hydrogen-bond donors (Lipinski definition) is 0. The van der Waals surface area contributed by atoms with Gasteiger partial charge in [-0.3, -0.25) is 9.59 Å². The van der Waals surface area contributed by atoms with E-state index < -0.39 is 5.92 Å². The Hall–Kier alpha value is -2.22. The van der Waals surface area contributed by atoms with Gasteiger partial charge in [0.05, 0.1) is 0 Å². The predicted molar refractivity (Wildman–Crippen MR) is 73.8 cm³/mol. The van der Waals surface area contributed by atoms with Gasteiger partial charge in [0.2, 0.25) is 0 Å². The molecule has 0 atom stereocenters. The SMILES string of the molecule is Cc1ccc(C2C(=O)c3ccccc3C2=O)cc1C. The van der Waals surface area contributed by atoms with Gasteiger partial charge in [0, 0.05) is 11.1 Å². The highest BCUT2D eigenvalue weighted by molar-refractivity contribution is 6.29. The first kappa shape index (κ1) is 11.8. The van der Waals surface area contributed by atoms with Crippen molar-refractivity contribution in [3.8, 4) is 0 Å². The fourth-order valence-corrected chi connectivity index (χ4v) is 2.59. The molecule has 2 aromatic rings. The average Bonchev–Trinajstić information content (AvgIpc) is 2.66. The molecule has 0 radical (unpaired) electrons. The van der Waals surface area contributed by atoms with Crippen LogP contribution in [0, 0.1) is 13.8 Å². The summed E-state index contributed by atoms with van der Waals surface area (Å²) in [6.45, 7) is 4.02. The number of aryl methyl sites for hydroxylation is 2. The number of ketones is 2. The van der Waals surface area contributed by atoms with Crippen LogP contribution in [0.4, 0.5) is 0 Å². The lowest BCUT2D eigenvalue weighted by atomic mass is 9.92. The second-order valence-electron chi connectivity index (χ2n) is 5.05. The molecule has 0 unspecified atom stereocenters. The van der Waals surface area contributed by atoms with Crippen LogP contribution in [-0.2, 0) is 0 Å². The van der Waals surface area contributed by atoms with E-state index in [0.717, 1.165) is 11.1 Å². The second kappa shape index (κ2) is 4.16. The summed E-state index contributed by atoms with van der Waals surface area (Å²) in [5.74, 6) is -0.815. The van der Waals surface area contributed by atoms with Gasteiger partial charge >= 0.3 is 0 Å². The summed E-state index contributed by atoms with van der Waals surface area (Å²) in [6, 6.07) is 12.9. The Kier molecular flexibility index (Phi) is 2.59. The molecule has 19 heavy (non-hydrogen) atoms. The highest BCUT2D eigenvalue weighted by atomic mass is 16.2. The first-order chi connectivity index (χ1) is 9.09. The molecule has 0 aliphatic heterocycles. The number of carbonyl (C=O) groups is 2. The van der Waals surface area contributed by atoms with E-state index in [1.165, 1.54) is 5.56 Å². The molecule has 3 rings (SSSR count). The summed E-state index contributed by atoms with van der Waals surface area (Å²) in [6.07, 6.45) is 0. The van der Waals surface area contributed by atoms with E-state index in [9.17, 15) is 9.59 Å². The maximum absolute atomic E-state index is 12.4. The van der Waals surface area contributed by atoms with Crippen molar-refractivity contribution in [1.82, 2.24) is 0 Å². The van der Waals surface area contributed by atoms with Crippen LogP contribution < -0.4 is 0 Å². The van der Waals surface area contributed by atoms with E-state index in [1.54, 1.807) is 24.3 Å². The van der Waals surface area contributed by atoms with Gasteiger partial charge in [0.25, 0.3) is 0 Å². The van der Waals surface area contributed by atoms with Crippen LogP contribution in [-0.4, -0.2) is 11.6 Å². The molecule has 2 nitrogen and oxygen atoms in total. The van der Waals surface area contributed by atoms with Crippen LogP contribution in [0.3, 0.4) is 0 Å². The summed E-state index contributed by atoms with van der Waals surface area (Å²) in [7, 11) is 0. The van der Waals surface area contributed by atoms with Crippen molar-refractivity contribution in [2.24, 2.45) is 0 Å². The van der Waals surface area contributed by atoms with Crippen LogP contribution in [0.5, 0.6) is 0 Å². The summed E-state index contributed by atoms with van der Waals surface area (Å²) in [5, 5.41) is 0. The fourth-order valence-electron chi connectivity index (χ4n) is 2.59. The fraction of sp³-hybridized carbons (Fsp3) is 0.176. The molecule has 0 bridgehead atoms. The normalized spacial score (nSPS) is 14.8. The predicted octanol–water partition coefficient (Wildman–Crippen LogP) is 3.47. The Bertz CT molecular complexity index is 663. The molecule has 0 N–H and O–H groups in total. The summed E-state index contributed by atoms with van der Waals surface area (Å²) < 4.78 is 0. The third-order valence-corrected chi connectivity index (χ3v) is 3.85. The molecule has 0 heterocycles. The lowest BCUT2D eigenvalue weighted by molar-refractivity contribution is 0.0890. The molecule has 1 aliphatic carbocycles. The molecule has 0 saturated heterocycles. The topological polar surface area (TPSA) is 34.1 Å². The third-order valence-electron chi connectivity index (χ3n) is 3.85. The van der Waals surface area contributed by atoms with Gasteiger partial charge in [-0.25, -0.2) is 0 Å². The van der Waals surface area contributed by atoms with E-state index in [1.807, 2.05) is 32.0 Å². The molecule has 0 amide bonds. The number of Topliss-reactive ketones (excluding diaryl/α,β-unsaturated/α-hetero) is 2. The van der Waals surface area contributed by atoms with E-state index in [-0.39, 0.29) is 11.6 Å². The standard InChI is InChI=1S/C17H14O2/c1-10-7-8-12(9-11(10)2)15-16(18)13-5-3-4-6-14(13)17(15)19/h3-9,15H,1-2H3. The van der Waals surface area contributed by atoms with Gasteiger partial charge in [-0.2, -0.15) is 0 Å². The minimum Gasteiger partial charge on any atom is -0.293 e. The quantitative estimate of drug-likeness (QED) is 0.726. The molecule has 0 fully saturated rings. The first-order valence-corrected chi connectivity index (χ1v) is 6.34. The van der Waals surface area contributed by atoms with Crippen LogP contribution >= 0.6 is 0 Å². The second-order valence-corrected chi connectivity index (χ2v) is 5.05. The lowest BCUT2D eigenvalue weighted by Crippen LogP contribution is -2.13. The van der Waals surface area contributed by atoms with Gasteiger partial charge in [0.15, 0.2) is 11.6 Å². The van der Waals surface area contributed by atoms with Crippen molar-refractivity contribution < 1.29 is 9.59 Å². The van der Waals surface area contributed by atoms with Gasteiger partial charge in [-0.05, 0) is 30.5 Å². The van der Waals surface area contributed by atoms with E-state index in [2.05, 4.69) is 0 Å². The Morgan fingerprint density at radius 3 is 1.89 bits per heavy atom. The van der Waals surface area contributed by atoms with Gasteiger partial charge < -0.3 is 0 Å². The minimum absolute atomic E-state index is 0.0798. The van der Waals surface area contributed by atoms with Crippen LogP contribution in [0.25, 0.3) is 0 Å². The molecular formula is C17H14O2. The lowest BCUT2D eigenvalue weighted by Gasteiger charge is -2.09. The number of rotatable bonds is 1. The average molecular weight is 250 g/mol. The van der Waals surface area contributed by atoms with E-state index in [4.69, 9.17) is 0 Å². The zero-order valence-electron chi connectivity index (χ0n) is 10.9. The Morgan fingerprint density at radius 2 is 1.37 bits per heavy atom. The molecule has 0 saturated carbocycles. The zero-order chi connectivity index (χ0) is 13.6. The molecule has 2 aromatic carbocycles. The Morgan fingerprint density at radius 1 is 0.789 bits per heavy atom. The molecule has 0 aromatic heterocycles. The summed E-state index contributed by atoms with van der Waals surface area (Å²) >= 11 is 0. The van der Waals surface area contributed by atoms with Gasteiger partial charge in [0.1, 0.15) is 5.92 Å². The van der Waals surface area contributed by atoms with Crippen molar-refractivity contribution in [2.75, 3.05) is 0 Å². The summed E-state index contributed by atoms with van der Waals surface area (Å²) in [4.78, 5) is 24.8. The molecule has 0 spiro atoms. The maximum Gasteiger partial charge on any atom is 0.178 e. The Balaban J connectivity index is 2.11. The highest BCUT2D eigenvalue weighted by Crippen LogP contribution is 2.34. The van der Waals surface area contributed by atoms with Crippen LogP contribution in [0.2, 0.25) is 0 Å². The highest BCUT2D eigenvalue weighted by Gasteiger charge is 2.39. The first-order valence-electron chi connectivity index (χ1n) is 6.34. The van der Waals surface area contributed by atoms with Crippen molar-refractivity contribution in [1.29, 1.82) is 0 Å². The maximum atomic E-state index is 12.4. The molecule has 94 valence electrons. The minimum atomic E-state index is -0.656. The number of fused-ring (bicyclic) bond motifs is 1. The van der Waals surface area contributed by atoms with Crippen molar-refractivity contribution in [3.63, 3.8) is 0 Å². The van der Waals surface area contributed by atoms with Gasteiger partial charge in [-0.1, -0.05) is 42.5 Å². The number of benzene rings is 2. The zero-order valence-corrected chi connectivity index (χ0v) is 10.9. The Labute approximate surface area is 112 Å². The van der Waals surface area contributed by atoms with Gasteiger partial charge in [-0.15, -0.1) is 0 Å². The van der Waals surface area contributed by atoms with Crippen LogP contribution in [0.15, 0.2) is 42.5 Å². The van der Waals surface area contributed by atoms with E-state index in [0.29, 0.717) is 11.1 Å². The molecular weight excluding hydrogens is 236 g/mol. The molecule has 1 aliphatic rings. The van der Waals surface area contributed by atoms with Crippen molar-refractivity contribution >= 4 is 11.6 Å². The molecule has 2 heteroatoms. The monoisotopic (exact) mass is 250 g/mol.